The third-order valence-electron chi connectivity index (χ3n) is 3.61. The lowest BCUT2D eigenvalue weighted by Crippen LogP contribution is -2.65. The second-order valence-corrected chi connectivity index (χ2v) is 7.06. The van der Waals surface area contributed by atoms with Gasteiger partial charge in [0.05, 0.1) is 5.69 Å². The van der Waals surface area contributed by atoms with Crippen molar-refractivity contribution in [2.75, 3.05) is 4.90 Å². The first-order chi connectivity index (χ1) is 9.86. The van der Waals surface area contributed by atoms with Gasteiger partial charge >= 0.3 is 0 Å². The number of carbonyl (C=O) groups is 2. The molecule has 0 aromatic heterocycles. The van der Waals surface area contributed by atoms with Crippen LogP contribution in [0.2, 0.25) is 5.02 Å². The number of anilines is 1. The third-order valence-corrected chi connectivity index (χ3v) is 4.71. The molecule has 114 valence electrons. The molecule has 6 heteroatoms. The topological polar surface area (TPSA) is 49.4 Å². The number of hydrogen-bond donors (Lipinski definition) is 1. The Balaban J connectivity index is 2.52. The number of amides is 2. The van der Waals surface area contributed by atoms with Gasteiger partial charge in [0.1, 0.15) is 12.1 Å². The second kappa shape index (κ2) is 6.52. The number of piperazine rings is 1. The predicted octanol–water partition coefficient (Wildman–Crippen LogP) is 3.21. The Kier molecular flexibility index (Phi) is 5.14. The number of carbonyl (C=O) groups excluding carboxylic acids is 2. The molecule has 1 aromatic carbocycles. The monoisotopic (exact) mass is 420 g/mol. The molecule has 2 unspecified atom stereocenters. The third kappa shape index (κ3) is 3.18. The van der Waals surface area contributed by atoms with Crippen molar-refractivity contribution in [2.24, 2.45) is 5.92 Å². The van der Waals surface area contributed by atoms with Crippen molar-refractivity contribution in [2.45, 2.75) is 39.3 Å². The van der Waals surface area contributed by atoms with E-state index in [2.05, 4.69) is 27.9 Å². The minimum Gasteiger partial charge on any atom is -0.342 e. The van der Waals surface area contributed by atoms with E-state index in [4.69, 9.17) is 11.6 Å². The van der Waals surface area contributed by atoms with E-state index in [-0.39, 0.29) is 17.7 Å². The summed E-state index contributed by atoms with van der Waals surface area (Å²) in [5.74, 6) is -0.128. The van der Waals surface area contributed by atoms with Gasteiger partial charge in [-0.05, 0) is 53.1 Å². The highest BCUT2D eigenvalue weighted by molar-refractivity contribution is 14.1. The zero-order valence-electron chi connectivity index (χ0n) is 12.2. The lowest BCUT2D eigenvalue weighted by Gasteiger charge is -2.41. The van der Waals surface area contributed by atoms with Crippen LogP contribution in [0.3, 0.4) is 0 Å². The molecule has 0 bridgehead atoms. The molecule has 1 N–H and O–H groups in total. The van der Waals surface area contributed by atoms with Gasteiger partial charge in [0.15, 0.2) is 0 Å². The molecule has 1 aliphatic rings. The molecule has 1 fully saturated rings. The molecule has 0 saturated carbocycles. The van der Waals surface area contributed by atoms with Crippen LogP contribution in [0.4, 0.5) is 5.69 Å². The van der Waals surface area contributed by atoms with Crippen LogP contribution in [0.15, 0.2) is 18.2 Å². The highest BCUT2D eigenvalue weighted by Crippen LogP contribution is 2.31. The van der Waals surface area contributed by atoms with Crippen molar-refractivity contribution < 1.29 is 9.59 Å². The fourth-order valence-electron chi connectivity index (χ4n) is 2.56. The van der Waals surface area contributed by atoms with Gasteiger partial charge in [-0.15, -0.1) is 0 Å². The zero-order chi connectivity index (χ0) is 15.7. The molecule has 1 aliphatic heterocycles. The first-order valence-electron chi connectivity index (χ1n) is 6.95. The molecule has 2 amide bonds. The maximum Gasteiger partial charge on any atom is 0.250 e. The molecular weight excluding hydrogens is 403 g/mol. The van der Waals surface area contributed by atoms with Crippen LogP contribution in [-0.2, 0) is 9.59 Å². The molecule has 1 saturated heterocycles. The molecular formula is C15H18ClIN2O2. The summed E-state index contributed by atoms with van der Waals surface area (Å²) < 4.78 is 0.864. The number of hydrogen-bond acceptors (Lipinski definition) is 2. The fraction of sp³-hybridized carbons (Fsp3) is 0.467. The van der Waals surface area contributed by atoms with Crippen molar-refractivity contribution >= 4 is 51.7 Å². The van der Waals surface area contributed by atoms with Crippen LogP contribution < -0.4 is 10.2 Å². The average molecular weight is 421 g/mol. The molecule has 1 aromatic rings. The van der Waals surface area contributed by atoms with Crippen molar-refractivity contribution in [3.8, 4) is 0 Å². The minimum absolute atomic E-state index is 0.0261. The maximum absolute atomic E-state index is 12.7. The number of halogens is 2. The van der Waals surface area contributed by atoms with E-state index >= 15 is 0 Å². The summed E-state index contributed by atoms with van der Waals surface area (Å²) >= 11 is 8.14. The molecule has 2 atom stereocenters. The summed E-state index contributed by atoms with van der Waals surface area (Å²) in [5, 5.41) is 3.44. The first-order valence-corrected chi connectivity index (χ1v) is 8.41. The predicted molar refractivity (Wildman–Crippen MR) is 92.5 cm³/mol. The Morgan fingerprint density at radius 3 is 2.57 bits per heavy atom. The Morgan fingerprint density at radius 2 is 2.05 bits per heavy atom. The Bertz CT molecular complexity index is 577. The van der Waals surface area contributed by atoms with Gasteiger partial charge in [-0.25, -0.2) is 0 Å². The molecule has 21 heavy (non-hydrogen) atoms. The van der Waals surface area contributed by atoms with E-state index < -0.39 is 12.1 Å². The fourth-order valence-corrected chi connectivity index (χ4v) is 3.70. The van der Waals surface area contributed by atoms with Crippen LogP contribution in [0.25, 0.3) is 0 Å². The average Bonchev–Trinajstić information content (AvgIpc) is 2.40. The van der Waals surface area contributed by atoms with Gasteiger partial charge in [0.25, 0.3) is 0 Å². The zero-order valence-corrected chi connectivity index (χ0v) is 15.1. The summed E-state index contributed by atoms with van der Waals surface area (Å²) in [6, 6.07) is 4.41. The lowest BCUT2D eigenvalue weighted by molar-refractivity contribution is -0.134. The SMILES string of the molecule is CCC1NC(=O)C(C(C)C)N(c2ccc(Cl)cc2I)C1=O. The van der Waals surface area contributed by atoms with Crippen LogP contribution in [0.1, 0.15) is 27.2 Å². The van der Waals surface area contributed by atoms with E-state index in [9.17, 15) is 9.59 Å². The number of nitrogens with one attached hydrogen (secondary N) is 1. The quantitative estimate of drug-likeness (QED) is 0.764. The molecule has 0 spiro atoms. The van der Waals surface area contributed by atoms with Crippen LogP contribution in [0.5, 0.6) is 0 Å². The van der Waals surface area contributed by atoms with Crippen LogP contribution in [-0.4, -0.2) is 23.9 Å². The number of benzene rings is 1. The standard InChI is InChI=1S/C15H18ClIN2O2/c1-4-11-15(21)19(13(8(2)3)14(20)18-11)12-6-5-9(16)7-10(12)17/h5-8,11,13H,4H2,1-3H3,(H,18,20). The molecule has 1 heterocycles. The number of nitrogens with zero attached hydrogens (tertiary/aromatic N) is 1. The maximum atomic E-state index is 12.7. The highest BCUT2D eigenvalue weighted by Gasteiger charge is 2.42. The second-order valence-electron chi connectivity index (χ2n) is 5.46. The summed E-state index contributed by atoms with van der Waals surface area (Å²) in [4.78, 5) is 26.7. The summed E-state index contributed by atoms with van der Waals surface area (Å²) in [6.45, 7) is 5.78. The summed E-state index contributed by atoms with van der Waals surface area (Å²) in [5.41, 5.74) is 0.747. The van der Waals surface area contributed by atoms with Gasteiger partial charge in [-0.1, -0.05) is 32.4 Å². The summed E-state index contributed by atoms with van der Waals surface area (Å²) in [6.07, 6.45) is 0.579. The molecule has 4 nitrogen and oxygen atoms in total. The highest BCUT2D eigenvalue weighted by atomic mass is 127. The van der Waals surface area contributed by atoms with Crippen molar-refractivity contribution in [3.05, 3.63) is 26.8 Å². The minimum atomic E-state index is -0.491. The van der Waals surface area contributed by atoms with Crippen LogP contribution in [0, 0.1) is 9.49 Å². The normalized spacial score (nSPS) is 22.7. The van der Waals surface area contributed by atoms with Gasteiger partial charge < -0.3 is 5.32 Å². The largest absolute Gasteiger partial charge is 0.342 e. The van der Waals surface area contributed by atoms with E-state index in [1.807, 2.05) is 26.8 Å². The first kappa shape index (κ1) is 16.5. The summed E-state index contributed by atoms with van der Waals surface area (Å²) in [7, 11) is 0. The van der Waals surface area contributed by atoms with Gasteiger partial charge in [-0.3, -0.25) is 14.5 Å². The van der Waals surface area contributed by atoms with Crippen molar-refractivity contribution in [1.29, 1.82) is 0 Å². The van der Waals surface area contributed by atoms with Gasteiger partial charge in [-0.2, -0.15) is 0 Å². The van der Waals surface area contributed by atoms with E-state index in [0.717, 1.165) is 9.26 Å². The van der Waals surface area contributed by atoms with Crippen molar-refractivity contribution in [3.63, 3.8) is 0 Å². The van der Waals surface area contributed by atoms with E-state index in [0.29, 0.717) is 11.4 Å². The van der Waals surface area contributed by atoms with Gasteiger partial charge in [0.2, 0.25) is 11.8 Å². The van der Waals surface area contributed by atoms with E-state index in [1.165, 1.54) is 0 Å². The number of rotatable bonds is 3. The van der Waals surface area contributed by atoms with E-state index in [1.54, 1.807) is 17.0 Å². The Morgan fingerprint density at radius 1 is 1.38 bits per heavy atom. The Labute approximate surface area is 143 Å². The molecule has 0 aliphatic carbocycles. The Hall–Kier alpha value is -0.820. The molecule has 0 radical (unpaired) electrons. The lowest BCUT2D eigenvalue weighted by atomic mass is 9.95. The van der Waals surface area contributed by atoms with Crippen LogP contribution >= 0.6 is 34.2 Å². The van der Waals surface area contributed by atoms with Gasteiger partial charge in [0, 0.05) is 8.59 Å². The van der Waals surface area contributed by atoms with Crippen molar-refractivity contribution in [1.82, 2.24) is 5.32 Å². The molecule has 2 rings (SSSR count). The smallest absolute Gasteiger partial charge is 0.250 e.